The van der Waals surface area contributed by atoms with Gasteiger partial charge in [0.1, 0.15) is 20.3 Å². The van der Waals surface area contributed by atoms with Crippen molar-refractivity contribution in [1.82, 2.24) is 0 Å². The van der Waals surface area contributed by atoms with Crippen LogP contribution >= 0.6 is 0 Å². The average Bonchev–Trinajstić information content (AvgIpc) is 1.86. The van der Waals surface area contributed by atoms with E-state index in [2.05, 4.69) is 37.5 Å². The van der Waals surface area contributed by atoms with Gasteiger partial charge in [-0.3, -0.25) is 4.79 Å². The largest absolute Gasteiger partial charge is 0.370 e. The van der Waals surface area contributed by atoms with Crippen LogP contribution < -0.4 is 5.73 Å². The summed E-state index contributed by atoms with van der Waals surface area (Å²) in [5.41, 5.74) is 4.47. The molecule has 0 aliphatic rings. The lowest BCUT2D eigenvalue weighted by molar-refractivity contribution is -0.460. The summed E-state index contributed by atoms with van der Waals surface area (Å²) in [7, 11) is 4.13. The van der Waals surface area contributed by atoms with Crippen molar-refractivity contribution in [2.75, 3.05) is 14.1 Å². The van der Waals surface area contributed by atoms with E-state index in [-0.39, 0.29) is 5.91 Å². The molecule has 0 spiro atoms. The van der Waals surface area contributed by atoms with E-state index in [0.29, 0.717) is 0 Å². The molecule has 0 aliphatic carbocycles. The smallest absolute Gasteiger partial charge is 0.214 e. The molecule has 0 rings (SSSR count). The predicted molar refractivity (Wildman–Crippen MR) is 52.6 cm³/mol. The molecule has 72 valence electrons. The number of carbonyl (C=O) groups is 1. The van der Waals surface area contributed by atoms with E-state index in [0.717, 1.165) is 0 Å². The first kappa shape index (κ1) is 13.7. The number of primary amides is 1. The molecule has 0 radical (unpaired) electrons. The molecular weight excluding hydrogens is 155 g/mol. The molecule has 0 aliphatic heterocycles. The standard InChI is InChI=1S/C7H16N.C2H5NO/c1-4-5-6-7-8(2)3;1-2(3)4/h7H,4-6H2,1-3H3;1H3,(H2,3,4)/q+1;/i1+1,2+1;3+1. The zero-order chi connectivity index (χ0) is 9.98. The van der Waals surface area contributed by atoms with Crippen molar-refractivity contribution in [2.24, 2.45) is 5.73 Å². The maximum atomic E-state index is 9.22. The maximum Gasteiger partial charge on any atom is 0.214 e. The molecule has 3 nitrogen and oxygen atoms in total. The average molecular weight is 176 g/mol. The SMILES string of the molecule is CC([15NH2])=O.C[N+]([13CH3])=CCCC[13CH3]. The van der Waals surface area contributed by atoms with Crippen LogP contribution in [0.1, 0.15) is 33.1 Å². The first-order chi connectivity index (χ1) is 5.50. The summed E-state index contributed by atoms with van der Waals surface area (Å²) in [4.78, 5) is 9.22. The fourth-order valence-corrected chi connectivity index (χ4v) is 0.554. The van der Waals surface area contributed by atoms with Gasteiger partial charge in [0.25, 0.3) is 0 Å². The van der Waals surface area contributed by atoms with Gasteiger partial charge in [0.05, 0.1) is 0 Å². The molecule has 0 unspecified atom stereocenters. The zero-order valence-corrected chi connectivity index (χ0v) is 8.63. The van der Waals surface area contributed by atoms with E-state index in [1.54, 1.807) is 0 Å². The Balaban J connectivity index is 0. The van der Waals surface area contributed by atoms with Gasteiger partial charge in [-0.1, -0.05) is 13.3 Å². The highest BCUT2D eigenvalue weighted by Gasteiger charge is 1.82. The lowest BCUT2D eigenvalue weighted by Crippen LogP contribution is -2.01. The molecule has 0 bridgehead atoms. The Morgan fingerprint density at radius 1 is 1.50 bits per heavy atom. The highest BCUT2D eigenvalue weighted by Crippen LogP contribution is 1.88. The van der Waals surface area contributed by atoms with Crippen molar-refractivity contribution < 1.29 is 9.37 Å². The first-order valence-corrected chi connectivity index (χ1v) is 4.26. The number of unbranched alkanes of at least 4 members (excludes halogenated alkanes) is 2. The number of carbonyl (C=O) groups excluding carboxylic acids is 1. The molecule has 0 saturated carbocycles. The summed E-state index contributed by atoms with van der Waals surface area (Å²) < 4.78 is 2.11. The monoisotopic (exact) mass is 176 g/mol. The second kappa shape index (κ2) is 10.1. The van der Waals surface area contributed by atoms with Gasteiger partial charge in [0.2, 0.25) is 5.91 Å². The van der Waals surface area contributed by atoms with Crippen molar-refractivity contribution in [1.29, 1.82) is 0 Å². The molecule has 2 N–H and O–H groups in total. The van der Waals surface area contributed by atoms with Gasteiger partial charge >= 0.3 is 0 Å². The van der Waals surface area contributed by atoms with Crippen LogP contribution in [0, 0.1) is 0 Å². The van der Waals surface area contributed by atoms with Crippen LogP contribution in [0.4, 0.5) is 0 Å². The quantitative estimate of drug-likeness (QED) is 0.225. The van der Waals surface area contributed by atoms with Gasteiger partial charge in [-0.15, -0.1) is 0 Å². The van der Waals surface area contributed by atoms with Gasteiger partial charge < -0.3 is 5.73 Å². The van der Waals surface area contributed by atoms with Crippen molar-refractivity contribution in [2.45, 2.75) is 33.1 Å². The van der Waals surface area contributed by atoms with Gasteiger partial charge in [0.15, 0.2) is 0 Å². The maximum absolute atomic E-state index is 9.22. The van der Waals surface area contributed by atoms with Crippen LogP contribution in [0.5, 0.6) is 0 Å². The summed E-state index contributed by atoms with van der Waals surface area (Å²) in [6, 6.07) is 0. The summed E-state index contributed by atoms with van der Waals surface area (Å²) >= 11 is 0. The Bertz CT molecular complexity index is 133. The fourth-order valence-electron chi connectivity index (χ4n) is 0.554. The second-order valence-corrected chi connectivity index (χ2v) is 2.90. The highest BCUT2D eigenvalue weighted by molar-refractivity contribution is 5.70. The number of hydrogen-bond acceptors (Lipinski definition) is 1. The van der Waals surface area contributed by atoms with E-state index in [1.807, 2.05) is 0 Å². The van der Waals surface area contributed by atoms with E-state index in [1.165, 1.54) is 26.2 Å². The van der Waals surface area contributed by atoms with Gasteiger partial charge in [-0.05, 0) is 6.42 Å². The Morgan fingerprint density at radius 2 is 1.92 bits per heavy atom. The van der Waals surface area contributed by atoms with Crippen LogP contribution in [-0.4, -0.2) is 30.8 Å². The van der Waals surface area contributed by atoms with E-state index in [4.69, 9.17) is 0 Å². The lowest BCUT2D eigenvalue weighted by Gasteiger charge is -1.85. The topological polar surface area (TPSA) is 46.1 Å². The Labute approximate surface area is 75.3 Å². The molecule has 0 saturated heterocycles. The highest BCUT2D eigenvalue weighted by atomic mass is 16.2. The van der Waals surface area contributed by atoms with Gasteiger partial charge in [-0.25, -0.2) is 4.58 Å². The molecule has 0 aromatic heterocycles. The summed E-state index contributed by atoms with van der Waals surface area (Å²) in [5.74, 6) is -0.333. The Kier molecular flexibility index (Phi) is 11.6. The number of nitrogens with two attached hydrogens (primary N) is 1. The first-order valence-electron chi connectivity index (χ1n) is 4.26. The summed E-state index contributed by atoms with van der Waals surface area (Å²) in [6.07, 6.45) is 6.05. The minimum atomic E-state index is -0.333. The van der Waals surface area contributed by atoms with E-state index >= 15 is 0 Å². The lowest BCUT2D eigenvalue weighted by atomic mass is 10.3. The normalized spacial score (nSPS) is 10.2. The van der Waals surface area contributed by atoms with E-state index in [9.17, 15) is 4.79 Å². The minimum Gasteiger partial charge on any atom is -0.370 e. The summed E-state index contributed by atoms with van der Waals surface area (Å²) in [6.45, 7) is 3.52. The van der Waals surface area contributed by atoms with Crippen LogP contribution in [0.25, 0.3) is 0 Å². The molecule has 0 aromatic carbocycles. The predicted octanol–water partition coefficient (Wildman–Crippen LogP) is 1.01. The van der Waals surface area contributed by atoms with Crippen molar-refractivity contribution in [3.05, 3.63) is 0 Å². The number of amides is 1. The van der Waals surface area contributed by atoms with Crippen LogP contribution in [0.15, 0.2) is 0 Å². The van der Waals surface area contributed by atoms with Gasteiger partial charge in [-0.2, -0.15) is 0 Å². The molecular formula is C9H21N2O+. The minimum absolute atomic E-state index is 0.333. The molecule has 0 fully saturated rings. The molecule has 0 aromatic rings. The third kappa shape index (κ3) is 35.3. The third-order valence-corrected chi connectivity index (χ3v) is 1.05. The Morgan fingerprint density at radius 3 is 2.17 bits per heavy atom. The van der Waals surface area contributed by atoms with Crippen LogP contribution in [-0.2, 0) is 4.79 Å². The van der Waals surface area contributed by atoms with Gasteiger partial charge in [0, 0.05) is 13.3 Å². The molecule has 0 atom stereocenters. The van der Waals surface area contributed by atoms with Crippen molar-refractivity contribution >= 4 is 12.1 Å². The number of rotatable bonds is 3. The van der Waals surface area contributed by atoms with E-state index < -0.39 is 0 Å². The number of nitrogens with zero attached hydrogens (tertiary/aromatic N) is 1. The van der Waals surface area contributed by atoms with Crippen molar-refractivity contribution in [3.63, 3.8) is 0 Å². The summed E-state index contributed by atoms with van der Waals surface area (Å²) in [5, 5.41) is 0. The third-order valence-electron chi connectivity index (χ3n) is 1.05. The molecule has 0 heterocycles. The Hall–Kier alpha value is -0.860. The second-order valence-electron chi connectivity index (χ2n) is 2.90. The van der Waals surface area contributed by atoms with Crippen LogP contribution in [0.2, 0.25) is 0 Å². The number of hydrogen-bond donors (Lipinski definition) is 1. The van der Waals surface area contributed by atoms with Crippen LogP contribution in [0.3, 0.4) is 0 Å². The van der Waals surface area contributed by atoms with Crippen molar-refractivity contribution in [3.8, 4) is 0 Å². The molecule has 3 heteroatoms. The fraction of sp³-hybridized carbons (Fsp3) is 0.778. The molecule has 12 heavy (non-hydrogen) atoms. The zero-order valence-electron chi connectivity index (χ0n) is 8.63. The molecule has 1 amide bonds.